The number of carbonyl (C=O) groups is 3. The van der Waals surface area contributed by atoms with Crippen molar-refractivity contribution in [3.05, 3.63) is 64.7 Å². The Morgan fingerprint density at radius 3 is 2.00 bits per heavy atom. The molecule has 2 aromatic rings. The summed E-state index contributed by atoms with van der Waals surface area (Å²) in [6.45, 7) is 6.77. The molecule has 0 aliphatic rings. The van der Waals surface area contributed by atoms with Crippen LogP contribution in [-0.4, -0.2) is 23.8 Å². The number of rotatable bonds is 5. The highest BCUT2D eigenvalue weighted by molar-refractivity contribution is 6.17. The van der Waals surface area contributed by atoms with Crippen molar-refractivity contribution in [2.24, 2.45) is 0 Å². The molecule has 1 N–H and O–H groups in total. The lowest BCUT2D eigenvalue weighted by Crippen LogP contribution is -2.39. The molecule has 1 unspecified atom stereocenters. The van der Waals surface area contributed by atoms with Crippen LogP contribution in [0.3, 0.4) is 0 Å². The van der Waals surface area contributed by atoms with Gasteiger partial charge in [-0.05, 0) is 31.9 Å². The normalized spacial score (nSPS) is 11.5. The number of hydrogen-bond acceptors (Lipinski definition) is 4. The molecule has 2 rings (SSSR count). The SMILES string of the molecule is CC(=O)OC(C(=O)Nc1c(C)cccc1C)C(=O)c1ccc(C)cc1. The van der Waals surface area contributed by atoms with E-state index in [0.717, 1.165) is 16.7 Å². The molecule has 2 aromatic carbocycles. The number of benzene rings is 2. The van der Waals surface area contributed by atoms with E-state index in [1.54, 1.807) is 24.3 Å². The Kier molecular flexibility index (Phi) is 5.70. The van der Waals surface area contributed by atoms with Gasteiger partial charge in [-0.2, -0.15) is 0 Å². The zero-order valence-corrected chi connectivity index (χ0v) is 14.8. The molecule has 25 heavy (non-hydrogen) atoms. The van der Waals surface area contributed by atoms with Crippen molar-refractivity contribution in [3.8, 4) is 0 Å². The highest BCUT2D eigenvalue weighted by atomic mass is 16.5. The van der Waals surface area contributed by atoms with Gasteiger partial charge in [0, 0.05) is 18.2 Å². The van der Waals surface area contributed by atoms with Gasteiger partial charge in [0.15, 0.2) is 0 Å². The number of carbonyl (C=O) groups excluding carboxylic acids is 3. The Morgan fingerprint density at radius 1 is 0.920 bits per heavy atom. The third-order valence-corrected chi connectivity index (χ3v) is 3.83. The van der Waals surface area contributed by atoms with Gasteiger partial charge in [0.1, 0.15) is 0 Å². The number of Topliss-reactive ketones (excluding diaryl/α,β-unsaturated/α-hetero) is 1. The van der Waals surface area contributed by atoms with Crippen LogP contribution >= 0.6 is 0 Å². The Balaban J connectivity index is 2.30. The summed E-state index contributed by atoms with van der Waals surface area (Å²) in [5.41, 5.74) is 3.63. The second kappa shape index (κ2) is 7.75. The molecule has 0 aromatic heterocycles. The number of ketones is 1. The number of nitrogens with one attached hydrogen (secondary N) is 1. The van der Waals surface area contributed by atoms with Gasteiger partial charge in [-0.15, -0.1) is 0 Å². The van der Waals surface area contributed by atoms with Crippen molar-refractivity contribution in [1.29, 1.82) is 0 Å². The van der Waals surface area contributed by atoms with E-state index in [4.69, 9.17) is 4.74 Å². The van der Waals surface area contributed by atoms with Gasteiger partial charge in [-0.25, -0.2) is 0 Å². The van der Waals surface area contributed by atoms with Gasteiger partial charge in [-0.1, -0.05) is 48.0 Å². The van der Waals surface area contributed by atoms with E-state index in [-0.39, 0.29) is 0 Å². The molecule has 0 bridgehead atoms. The first-order chi connectivity index (χ1) is 11.8. The first kappa shape index (κ1) is 18.4. The van der Waals surface area contributed by atoms with Crippen molar-refractivity contribution in [3.63, 3.8) is 0 Å². The zero-order valence-electron chi connectivity index (χ0n) is 14.8. The van der Waals surface area contributed by atoms with E-state index in [9.17, 15) is 14.4 Å². The molecule has 130 valence electrons. The van der Waals surface area contributed by atoms with Crippen molar-refractivity contribution < 1.29 is 19.1 Å². The van der Waals surface area contributed by atoms with E-state index in [2.05, 4.69) is 5.32 Å². The third-order valence-electron chi connectivity index (χ3n) is 3.83. The maximum atomic E-state index is 12.7. The van der Waals surface area contributed by atoms with Crippen LogP contribution in [0.25, 0.3) is 0 Å². The number of hydrogen-bond donors (Lipinski definition) is 1. The molecule has 5 nitrogen and oxygen atoms in total. The molecule has 0 saturated carbocycles. The second-order valence-corrected chi connectivity index (χ2v) is 5.98. The Bertz CT molecular complexity index is 789. The van der Waals surface area contributed by atoms with Crippen molar-refractivity contribution in [2.45, 2.75) is 33.8 Å². The second-order valence-electron chi connectivity index (χ2n) is 5.98. The maximum absolute atomic E-state index is 12.7. The Hall–Kier alpha value is -2.95. The van der Waals surface area contributed by atoms with Crippen LogP contribution in [0.15, 0.2) is 42.5 Å². The summed E-state index contributed by atoms with van der Waals surface area (Å²) >= 11 is 0. The third kappa shape index (κ3) is 4.53. The Morgan fingerprint density at radius 2 is 1.48 bits per heavy atom. The highest BCUT2D eigenvalue weighted by Crippen LogP contribution is 2.20. The van der Waals surface area contributed by atoms with Gasteiger partial charge in [0.25, 0.3) is 5.91 Å². The molecular formula is C20H21NO4. The smallest absolute Gasteiger partial charge is 0.303 e. The first-order valence-electron chi connectivity index (χ1n) is 7.94. The lowest BCUT2D eigenvalue weighted by atomic mass is 10.0. The molecule has 1 atom stereocenters. The van der Waals surface area contributed by atoms with Gasteiger partial charge in [0.2, 0.25) is 11.9 Å². The maximum Gasteiger partial charge on any atom is 0.303 e. The van der Waals surface area contributed by atoms with Crippen LogP contribution in [0.5, 0.6) is 0 Å². The fourth-order valence-corrected chi connectivity index (χ4v) is 2.46. The molecule has 0 radical (unpaired) electrons. The molecule has 1 amide bonds. The summed E-state index contributed by atoms with van der Waals surface area (Å²) in [7, 11) is 0. The number of aryl methyl sites for hydroxylation is 3. The van der Waals surface area contributed by atoms with Gasteiger partial charge < -0.3 is 10.1 Å². The van der Waals surface area contributed by atoms with E-state index < -0.39 is 23.8 Å². The molecule has 0 aliphatic carbocycles. The number of para-hydroxylation sites is 1. The number of esters is 1. The summed E-state index contributed by atoms with van der Waals surface area (Å²) < 4.78 is 5.01. The summed E-state index contributed by atoms with van der Waals surface area (Å²) in [5, 5.41) is 2.71. The largest absolute Gasteiger partial charge is 0.444 e. The standard InChI is InChI=1S/C20H21NO4/c1-12-8-10-16(11-9-12)18(23)19(25-15(4)22)20(24)21-17-13(2)6-5-7-14(17)3/h5-11,19H,1-4H3,(H,21,24). The van der Waals surface area contributed by atoms with Crippen LogP contribution in [0.4, 0.5) is 5.69 Å². The molecule has 0 saturated heterocycles. The average molecular weight is 339 g/mol. The number of ether oxygens (including phenoxy) is 1. The minimum atomic E-state index is -1.53. The summed E-state index contributed by atoms with van der Waals surface area (Å²) in [4.78, 5) is 36.7. The zero-order chi connectivity index (χ0) is 18.6. The van der Waals surface area contributed by atoms with E-state index >= 15 is 0 Å². The number of anilines is 1. The Labute approximate surface area is 147 Å². The molecule has 0 fully saturated rings. The topological polar surface area (TPSA) is 72.5 Å². The van der Waals surface area contributed by atoms with Crippen LogP contribution in [0, 0.1) is 20.8 Å². The van der Waals surface area contributed by atoms with Crippen LogP contribution in [-0.2, 0) is 14.3 Å². The molecule has 0 heterocycles. The minimum Gasteiger partial charge on any atom is -0.444 e. The van der Waals surface area contributed by atoms with E-state index in [1.165, 1.54) is 6.92 Å². The van der Waals surface area contributed by atoms with Crippen LogP contribution in [0.1, 0.15) is 34.0 Å². The molecule has 0 aliphatic heterocycles. The predicted molar refractivity (Wildman–Crippen MR) is 95.6 cm³/mol. The highest BCUT2D eigenvalue weighted by Gasteiger charge is 2.31. The fraction of sp³-hybridized carbons (Fsp3) is 0.250. The summed E-state index contributed by atoms with van der Waals surface area (Å²) in [6.07, 6.45) is -1.53. The van der Waals surface area contributed by atoms with Gasteiger partial charge >= 0.3 is 5.97 Å². The van der Waals surface area contributed by atoms with Crippen molar-refractivity contribution in [2.75, 3.05) is 5.32 Å². The lowest BCUT2D eigenvalue weighted by Gasteiger charge is -2.18. The predicted octanol–water partition coefficient (Wildman–Crippen LogP) is 3.36. The van der Waals surface area contributed by atoms with Crippen LogP contribution in [0.2, 0.25) is 0 Å². The molecule has 5 heteroatoms. The average Bonchev–Trinajstić information content (AvgIpc) is 2.56. The summed E-state index contributed by atoms with van der Waals surface area (Å²) in [6, 6.07) is 12.3. The monoisotopic (exact) mass is 339 g/mol. The first-order valence-corrected chi connectivity index (χ1v) is 7.94. The lowest BCUT2D eigenvalue weighted by molar-refractivity contribution is -0.149. The number of amides is 1. The van der Waals surface area contributed by atoms with Crippen LogP contribution < -0.4 is 5.32 Å². The fourth-order valence-electron chi connectivity index (χ4n) is 2.46. The molecule has 0 spiro atoms. The summed E-state index contributed by atoms with van der Waals surface area (Å²) in [5.74, 6) is -1.92. The van der Waals surface area contributed by atoms with Crippen molar-refractivity contribution in [1.82, 2.24) is 0 Å². The minimum absolute atomic E-state index is 0.313. The molecular weight excluding hydrogens is 318 g/mol. The van der Waals surface area contributed by atoms with Gasteiger partial charge in [-0.3, -0.25) is 14.4 Å². The van der Waals surface area contributed by atoms with Crippen molar-refractivity contribution >= 4 is 23.3 Å². The van der Waals surface area contributed by atoms with E-state index in [1.807, 2.05) is 39.0 Å². The van der Waals surface area contributed by atoms with Gasteiger partial charge in [0.05, 0.1) is 0 Å². The quantitative estimate of drug-likeness (QED) is 0.515. The van der Waals surface area contributed by atoms with E-state index in [0.29, 0.717) is 11.3 Å².